The first-order chi connectivity index (χ1) is 12.4. The molecular weight excluding hydrogens is 338 g/mol. The maximum atomic E-state index is 11.7. The number of amides is 2. The summed E-state index contributed by atoms with van der Waals surface area (Å²) in [6.45, 7) is 7.54. The second-order valence-electron chi connectivity index (χ2n) is 6.11. The molecule has 1 aliphatic rings. The minimum absolute atomic E-state index is 0.0453. The number of nitro benzene ring substituents is 1. The largest absolute Gasteiger partial charge is 0.366 e. The van der Waals surface area contributed by atoms with E-state index in [2.05, 4.69) is 16.8 Å². The van der Waals surface area contributed by atoms with Gasteiger partial charge in [0.05, 0.1) is 11.5 Å². The lowest BCUT2D eigenvalue weighted by molar-refractivity contribution is -0.385. The van der Waals surface area contributed by atoms with Crippen LogP contribution in [-0.4, -0.2) is 65.8 Å². The van der Waals surface area contributed by atoms with Gasteiger partial charge in [0.15, 0.2) is 0 Å². The fourth-order valence-corrected chi connectivity index (χ4v) is 2.81. The quantitative estimate of drug-likeness (QED) is 0.385. The average Bonchev–Trinajstić information content (AvgIpc) is 2.61. The van der Waals surface area contributed by atoms with Gasteiger partial charge in [-0.1, -0.05) is 12.1 Å². The predicted octanol–water partition coefficient (Wildman–Crippen LogP) is 0.114. The molecule has 9 heteroatoms. The number of rotatable bonds is 8. The van der Waals surface area contributed by atoms with Crippen LogP contribution < -0.4 is 11.1 Å². The van der Waals surface area contributed by atoms with E-state index in [0.717, 1.165) is 0 Å². The topological polar surface area (TPSA) is 122 Å². The van der Waals surface area contributed by atoms with Crippen molar-refractivity contribution in [1.82, 2.24) is 15.1 Å². The molecule has 0 radical (unpaired) electrons. The summed E-state index contributed by atoms with van der Waals surface area (Å²) in [7, 11) is 0. The smallest absolute Gasteiger partial charge is 0.274 e. The Bertz CT molecular complexity index is 698. The number of nitrogens with one attached hydrogen (secondary N) is 1. The molecule has 1 fully saturated rings. The maximum absolute atomic E-state index is 11.7. The third-order valence-electron chi connectivity index (χ3n) is 4.24. The van der Waals surface area contributed by atoms with Gasteiger partial charge in [0.2, 0.25) is 11.8 Å². The lowest BCUT2D eigenvalue weighted by Crippen LogP contribution is -2.49. The van der Waals surface area contributed by atoms with Crippen LogP contribution in [0.25, 0.3) is 0 Å². The normalized spacial score (nSPS) is 15.4. The average molecular weight is 361 g/mol. The Morgan fingerprint density at radius 1 is 1.27 bits per heavy atom. The van der Waals surface area contributed by atoms with Crippen molar-refractivity contribution in [2.24, 2.45) is 5.73 Å². The number of carbonyl (C=O) groups excluding carboxylic acids is 2. The standard InChI is InChI=1S/C17H23N5O4/c1-2-5-19-16(23)12-21-8-6-20(7-9-21)11-14-4-3-13(17(18)24)10-15(14)22(25)26/h2-4,10H,1,5-9,11-12H2,(H2,18,24)(H,19,23). The summed E-state index contributed by atoms with van der Waals surface area (Å²) in [5.74, 6) is -0.737. The minimum Gasteiger partial charge on any atom is -0.366 e. The van der Waals surface area contributed by atoms with Gasteiger partial charge >= 0.3 is 0 Å². The van der Waals surface area contributed by atoms with Gasteiger partial charge in [0, 0.05) is 56.5 Å². The Balaban J connectivity index is 1.93. The van der Waals surface area contributed by atoms with Gasteiger partial charge in [-0.05, 0) is 6.07 Å². The molecule has 2 amide bonds. The zero-order valence-electron chi connectivity index (χ0n) is 14.5. The Kier molecular flexibility index (Phi) is 6.81. The van der Waals surface area contributed by atoms with Gasteiger partial charge in [-0.15, -0.1) is 6.58 Å². The van der Waals surface area contributed by atoms with Crippen LogP contribution in [0, 0.1) is 10.1 Å². The van der Waals surface area contributed by atoms with Crippen molar-refractivity contribution in [3.05, 3.63) is 52.1 Å². The van der Waals surface area contributed by atoms with Crippen molar-refractivity contribution in [2.75, 3.05) is 39.3 Å². The first-order valence-electron chi connectivity index (χ1n) is 8.30. The van der Waals surface area contributed by atoms with Crippen molar-refractivity contribution in [3.8, 4) is 0 Å². The summed E-state index contributed by atoms with van der Waals surface area (Å²) >= 11 is 0. The lowest BCUT2D eigenvalue weighted by atomic mass is 10.1. The van der Waals surface area contributed by atoms with Crippen LogP contribution in [0.15, 0.2) is 30.9 Å². The molecule has 1 aromatic carbocycles. The van der Waals surface area contributed by atoms with Crippen LogP contribution in [0.3, 0.4) is 0 Å². The number of nitro groups is 1. The molecule has 0 bridgehead atoms. The molecule has 0 unspecified atom stereocenters. The van der Waals surface area contributed by atoms with Crippen LogP contribution in [0.1, 0.15) is 15.9 Å². The Hall–Kier alpha value is -2.78. The van der Waals surface area contributed by atoms with Crippen LogP contribution in [0.2, 0.25) is 0 Å². The molecule has 0 atom stereocenters. The molecule has 0 aromatic heterocycles. The first-order valence-corrected chi connectivity index (χ1v) is 8.30. The molecule has 9 nitrogen and oxygen atoms in total. The molecule has 1 saturated heterocycles. The van der Waals surface area contributed by atoms with E-state index in [1.54, 1.807) is 12.1 Å². The van der Waals surface area contributed by atoms with E-state index in [1.807, 2.05) is 4.90 Å². The molecule has 0 spiro atoms. The van der Waals surface area contributed by atoms with Crippen molar-refractivity contribution in [3.63, 3.8) is 0 Å². The number of benzene rings is 1. The van der Waals surface area contributed by atoms with Gasteiger partial charge < -0.3 is 11.1 Å². The third kappa shape index (κ3) is 5.36. The molecule has 26 heavy (non-hydrogen) atoms. The van der Waals surface area contributed by atoms with Crippen molar-refractivity contribution in [1.29, 1.82) is 0 Å². The summed E-state index contributed by atoms with van der Waals surface area (Å²) < 4.78 is 0. The molecule has 2 rings (SSSR count). The summed E-state index contributed by atoms with van der Waals surface area (Å²) in [5.41, 5.74) is 5.74. The number of hydrogen-bond donors (Lipinski definition) is 2. The highest BCUT2D eigenvalue weighted by Crippen LogP contribution is 2.22. The molecule has 1 aromatic rings. The predicted molar refractivity (Wildman–Crippen MR) is 96.5 cm³/mol. The van der Waals surface area contributed by atoms with E-state index < -0.39 is 10.8 Å². The zero-order chi connectivity index (χ0) is 19.1. The number of nitrogens with two attached hydrogens (primary N) is 1. The number of carbonyl (C=O) groups is 2. The monoisotopic (exact) mass is 361 g/mol. The molecule has 0 aliphatic carbocycles. The highest BCUT2D eigenvalue weighted by atomic mass is 16.6. The SMILES string of the molecule is C=CCNC(=O)CN1CCN(Cc2ccc(C(N)=O)cc2[N+](=O)[O-])CC1. The third-order valence-corrected chi connectivity index (χ3v) is 4.24. The fraction of sp³-hybridized carbons (Fsp3) is 0.412. The molecular formula is C17H23N5O4. The first kappa shape index (κ1) is 19.5. The van der Waals surface area contributed by atoms with E-state index >= 15 is 0 Å². The number of primary amides is 1. The van der Waals surface area contributed by atoms with Crippen LogP contribution in [-0.2, 0) is 11.3 Å². The zero-order valence-corrected chi connectivity index (χ0v) is 14.5. The van der Waals surface area contributed by atoms with Gasteiger partial charge in [-0.3, -0.25) is 29.5 Å². The Labute approximate surface area is 151 Å². The lowest BCUT2D eigenvalue weighted by Gasteiger charge is -2.34. The number of nitrogens with zero attached hydrogens (tertiary/aromatic N) is 3. The molecule has 1 heterocycles. The highest BCUT2D eigenvalue weighted by molar-refractivity contribution is 5.93. The van der Waals surface area contributed by atoms with E-state index in [4.69, 9.17) is 5.73 Å². The molecule has 3 N–H and O–H groups in total. The van der Waals surface area contributed by atoms with Gasteiger partial charge in [0.1, 0.15) is 0 Å². The van der Waals surface area contributed by atoms with Crippen LogP contribution in [0.5, 0.6) is 0 Å². The highest BCUT2D eigenvalue weighted by Gasteiger charge is 2.22. The fourth-order valence-electron chi connectivity index (χ4n) is 2.81. The van der Waals surface area contributed by atoms with Crippen molar-refractivity contribution < 1.29 is 14.5 Å². The van der Waals surface area contributed by atoms with Crippen LogP contribution >= 0.6 is 0 Å². The minimum atomic E-state index is -0.692. The summed E-state index contributed by atoms with van der Waals surface area (Å²) in [5, 5.41) is 14.0. The molecule has 140 valence electrons. The van der Waals surface area contributed by atoms with Gasteiger partial charge in [-0.25, -0.2) is 0 Å². The molecule has 1 aliphatic heterocycles. The van der Waals surface area contributed by atoms with Gasteiger partial charge in [0.25, 0.3) is 5.69 Å². The number of hydrogen-bond acceptors (Lipinski definition) is 6. The summed E-state index contributed by atoms with van der Waals surface area (Å²) in [6.07, 6.45) is 1.63. The second-order valence-corrected chi connectivity index (χ2v) is 6.11. The van der Waals surface area contributed by atoms with E-state index in [1.165, 1.54) is 12.1 Å². The van der Waals surface area contributed by atoms with E-state index in [-0.39, 0.29) is 17.2 Å². The van der Waals surface area contributed by atoms with Crippen molar-refractivity contribution in [2.45, 2.75) is 6.54 Å². The maximum Gasteiger partial charge on any atom is 0.274 e. The van der Waals surface area contributed by atoms with Crippen LogP contribution in [0.4, 0.5) is 5.69 Å². The Morgan fingerprint density at radius 2 is 1.92 bits per heavy atom. The summed E-state index contributed by atoms with van der Waals surface area (Å²) in [4.78, 5) is 37.8. The van der Waals surface area contributed by atoms with Crippen molar-refractivity contribution >= 4 is 17.5 Å². The van der Waals surface area contributed by atoms with E-state index in [9.17, 15) is 19.7 Å². The second kappa shape index (κ2) is 9.07. The van der Waals surface area contributed by atoms with Gasteiger partial charge in [-0.2, -0.15) is 0 Å². The Morgan fingerprint density at radius 3 is 2.50 bits per heavy atom. The summed E-state index contributed by atoms with van der Waals surface area (Å²) in [6, 6.07) is 4.30. The van der Waals surface area contributed by atoms with E-state index in [0.29, 0.717) is 51.4 Å². The molecule has 0 saturated carbocycles. The number of piperazine rings is 1.